The molecule has 0 fully saturated rings. The van der Waals surface area contributed by atoms with E-state index in [1.807, 2.05) is 0 Å². The summed E-state index contributed by atoms with van der Waals surface area (Å²) in [6.07, 6.45) is 1.12. The summed E-state index contributed by atoms with van der Waals surface area (Å²) in [6, 6.07) is 4.75. The fraction of sp³-hybridized carbons (Fsp3) is 0.222. The van der Waals surface area contributed by atoms with Crippen molar-refractivity contribution in [2.75, 3.05) is 14.1 Å². The lowest BCUT2D eigenvalue weighted by molar-refractivity contribution is -0.385. The van der Waals surface area contributed by atoms with E-state index < -0.39 is 14.9 Å². The predicted octanol–water partition coefficient (Wildman–Crippen LogP) is 0.873. The molecular formula is C9H11N3O4S. The largest absolute Gasteiger partial charge is 0.368 e. The van der Waals surface area contributed by atoms with Gasteiger partial charge in [0.15, 0.2) is 0 Å². The Morgan fingerprint density at radius 3 is 2.59 bits per heavy atom. The van der Waals surface area contributed by atoms with Gasteiger partial charge in [-0.25, -0.2) is 0 Å². The minimum atomic E-state index is -3.89. The molecule has 0 aromatic heterocycles. The summed E-state index contributed by atoms with van der Waals surface area (Å²) < 4.78 is 26.7. The molecule has 17 heavy (non-hydrogen) atoms. The normalized spacial score (nSPS) is 11.6. The SMILES string of the molecule is CN(C)C=NS(=O)(=O)c1cccc([N+](=O)[O-])c1. The van der Waals surface area contributed by atoms with Crippen LogP contribution in [0.25, 0.3) is 0 Å². The first-order valence-electron chi connectivity index (χ1n) is 4.54. The van der Waals surface area contributed by atoms with Crippen molar-refractivity contribution in [3.63, 3.8) is 0 Å². The fourth-order valence-corrected chi connectivity index (χ4v) is 1.93. The van der Waals surface area contributed by atoms with Crippen LogP contribution in [0.2, 0.25) is 0 Å². The number of nitro groups is 1. The van der Waals surface area contributed by atoms with Crippen LogP contribution in [0.5, 0.6) is 0 Å². The summed E-state index contributed by atoms with van der Waals surface area (Å²) in [5, 5.41) is 10.5. The van der Waals surface area contributed by atoms with Crippen LogP contribution >= 0.6 is 0 Å². The first-order chi connectivity index (χ1) is 7.83. The van der Waals surface area contributed by atoms with Crippen LogP contribution in [0.3, 0.4) is 0 Å². The molecule has 0 atom stereocenters. The highest BCUT2D eigenvalue weighted by molar-refractivity contribution is 7.90. The van der Waals surface area contributed by atoms with Crippen molar-refractivity contribution in [3.8, 4) is 0 Å². The second-order valence-electron chi connectivity index (χ2n) is 3.41. The van der Waals surface area contributed by atoms with E-state index in [4.69, 9.17) is 0 Å². The van der Waals surface area contributed by atoms with Crippen molar-refractivity contribution in [2.45, 2.75) is 4.90 Å². The van der Waals surface area contributed by atoms with E-state index >= 15 is 0 Å². The lowest BCUT2D eigenvalue weighted by Crippen LogP contribution is -2.10. The highest BCUT2D eigenvalue weighted by atomic mass is 32.2. The number of non-ortho nitro benzene ring substituents is 1. The Labute approximate surface area is 98.6 Å². The van der Waals surface area contributed by atoms with Crippen molar-refractivity contribution in [2.24, 2.45) is 4.40 Å². The Balaban J connectivity index is 3.16. The van der Waals surface area contributed by atoms with E-state index in [2.05, 4.69) is 4.40 Å². The monoisotopic (exact) mass is 257 g/mol. The molecule has 1 aromatic carbocycles. The first kappa shape index (κ1) is 13.1. The van der Waals surface area contributed by atoms with E-state index in [1.165, 1.54) is 23.1 Å². The van der Waals surface area contributed by atoms with Crippen LogP contribution in [0.4, 0.5) is 5.69 Å². The number of benzene rings is 1. The number of hydrogen-bond donors (Lipinski definition) is 0. The molecule has 0 radical (unpaired) electrons. The lowest BCUT2D eigenvalue weighted by atomic mass is 10.3. The van der Waals surface area contributed by atoms with Crippen molar-refractivity contribution in [3.05, 3.63) is 34.4 Å². The average Bonchev–Trinajstić information content (AvgIpc) is 2.27. The molecule has 7 nitrogen and oxygen atoms in total. The molecule has 8 heteroatoms. The number of rotatable bonds is 4. The molecular weight excluding hydrogens is 246 g/mol. The highest BCUT2D eigenvalue weighted by Gasteiger charge is 2.15. The zero-order valence-corrected chi connectivity index (χ0v) is 10.1. The van der Waals surface area contributed by atoms with E-state index in [0.29, 0.717) is 0 Å². The van der Waals surface area contributed by atoms with E-state index in [1.54, 1.807) is 14.1 Å². The molecule has 0 bridgehead atoms. The Kier molecular flexibility index (Phi) is 3.79. The Morgan fingerprint density at radius 1 is 1.41 bits per heavy atom. The van der Waals surface area contributed by atoms with Crippen LogP contribution in [-0.2, 0) is 10.0 Å². The third-order valence-electron chi connectivity index (χ3n) is 1.74. The van der Waals surface area contributed by atoms with Crippen molar-refractivity contribution in [1.82, 2.24) is 4.90 Å². The Bertz CT molecular complexity index is 551. The summed E-state index contributed by atoms with van der Waals surface area (Å²) in [5.74, 6) is 0. The van der Waals surface area contributed by atoms with E-state index in [9.17, 15) is 18.5 Å². The number of nitro benzene ring substituents is 1. The van der Waals surface area contributed by atoms with Gasteiger partial charge in [0.25, 0.3) is 15.7 Å². The molecule has 0 saturated carbocycles. The van der Waals surface area contributed by atoms with Gasteiger partial charge in [0.05, 0.1) is 9.82 Å². The minimum Gasteiger partial charge on any atom is -0.368 e. The minimum absolute atomic E-state index is 0.204. The quantitative estimate of drug-likeness (QED) is 0.345. The van der Waals surface area contributed by atoms with Crippen LogP contribution in [0.1, 0.15) is 0 Å². The van der Waals surface area contributed by atoms with Gasteiger partial charge in [0.2, 0.25) is 0 Å². The van der Waals surface area contributed by atoms with Gasteiger partial charge >= 0.3 is 0 Å². The summed E-state index contributed by atoms with van der Waals surface area (Å²) in [5.41, 5.74) is -0.286. The second-order valence-corrected chi connectivity index (χ2v) is 5.05. The summed E-state index contributed by atoms with van der Waals surface area (Å²) in [6.45, 7) is 0. The molecule has 0 heterocycles. The first-order valence-corrected chi connectivity index (χ1v) is 5.98. The highest BCUT2D eigenvalue weighted by Crippen LogP contribution is 2.18. The zero-order valence-electron chi connectivity index (χ0n) is 9.27. The van der Waals surface area contributed by atoms with Gasteiger partial charge < -0.3 is 4.90 Å². The molecule has 0 aliphatic heterocycles. The average molecular weight is 257 g/mol. The van der Waals surface area contributed by atoms with Crippen LogP contribution in [-0.4, -0.2) is 38.7 Å². The van der Waals surface area contributed by atoms with E-state index in [-0.39, 0.29) is 10.6 Å². The molecule has 0 N–H and O–H groups in total. The van der Waals surface area contributed by atoms with Crippen LogP contribution < -0.4 is 0 Å². The molecule has 0 saturated heterocycles. The molecule has 1 rings (SSSR count). The van der Waals surface area contributed by atoms with Gasteiger partial charge in [0, 0.05) is 26.2 Å². The number of sulfonamides is 1. The van der Waals surface area contributed by atoms with Crippen molar-refractivity contribution >= 4 is 22.0 Å². The Morgan fingerprint density at radius 2 is 2.06 bits per heavy atom. The van der Waals surface area contributed by atoms with Gasteiger partial charge in [-0.2, -0.15) is 8.42 Å². The smallest absolute Gasteiger partial charge is 0.283 e. The topological polar surface area (TPSA) is 92.9 Å². The summed E-state index contributed by atoms with van der Waals surface area (Å²) in [4.78, 5) is 11.1. The lowest BCUT2D eigenvalue weighted by Gasteiger charge is -2.03. The van der Waals surface area contributed by atoms with Gasteiger partial charge in [0.1, 0.15) is 6.34 Å². The standard InChI is InChI=1S/C9H11N3O4S/c1-11(2)7-10-17(15,16)9-5-3-4-8(6-9)12(13)14/h3-7H,1-2H3. The van der Waals surface area contributed by atoms with Gasteiger partial charge in [-0.05, 0) is 6.07 Å². The maximum Gasteiger partial charge on any atom is 0.283 e. The summed E-state index contributed by atoms with van der Waals surface area (Å²) in [7, 11) is -0.653. The second kappa shape index (κ2) is 4.91. The summed E-state index contributed by atoms with van der Waals surface area (Å²) >= 11 is 0. The maximum absolute atomic E-state index is 11.7. The molecule has 0 amide bonds. The van der Waals surface area contributed by atoms with Gasteiger partial charge in [-0.3, -0.25) is 10.1 Å². The third-order valence-corrected chi connectivity index (χ3v) is 2.96. The fourth-order valence-electron chi connectivity index (χ4n) is 0.975. The van der Waals surface area contributed by atoms with Gasteiger partial charge in [-0.1, -0.05) is 6.07 Å². The van der Waals surface area contributed by atoms with Crippen LogP contribution in [0, 0.1) is 10.1 Å². The van der Waals surface area contributed by atoms with Crippen molar-refractivity contribution in [1.29, 1.82) is 0 Å². The zero-order chi connectivity index (χ0) is 13.1. The maximum atomic E-state index is 11.7. The van der Waals surface area contributed by atoms with Crippen LogP contribution in [0.15, 0.2) is 33.6 Å². The van der Waals surface area contributed by atoms with Gasteiger partial charge in [-0.15, -0.1) is 4.40 Å². The molecule has 92 valence electrons. The number of nitrogens with zero attached hydrogens (tertiary/aromatic N) is 3. The molecule has 0 unspecified atom stereocenters. The molecule has 0 spiro atoms. The van der Waals surface area contributed by atoms with E-state index in [0.717, 1.165) is 12.4 Å². The number of hydrogen-bond acceptors (Lipinski definition) is 4. The van der Waals surface area contributed by atoms with Crippen molar-refractivity contribution < 1.29 is 13.3 Å². The molecule has 0 aliphatic carbocycles. The molecule has 1 aromatic rings. The Hall–Kier alpha value is -1.96. The predicted molar refractivity (Wildman–Crippen MR) is 62.5 cm³/mol. The molecule has 0 aliphatic rings. The third kappa shape index (κ3) is 3.52.